The van der Waals surface area contributed by atoms with Crippen molar-refractivity contribution in [1.82, 2.24) is 0 Å². The van der Waals surface area contributed by atoms with Crippen molar-refractivity contribution in [1.29, 1.82) is 0 Å². The summed E-state index contributed by atoms with van der Waals surface area (Å²) in [7, 11) is 1.77. The molecule has 2 aromatic carbocycles. The number of benzene rings is 2. The Labute approximate surface area is 140 Å². The largest absolute Gasteiger partial charge is 0.369 e. The third kappa shape index (κ3) is 4.31. The third-order valence-electron chi connectivity index (χ3n) is 4.21. The molecule has 2 N–H and O–H groups in total. The van der Waals surface area contributed by atoms with E-state index in [1.165, 1.54) is 5.57 Å². The van der Waals surface area contributed by atoms with Gasteiger partial charge in [0.2, 0.25) is 0 Å². The first-order valence-electron chi connectivity index (χ1n) is 8.13. The summed E-state index contributed by atoms with van der Waals surface area (Å²) < 4.78 is 6.09. The second kappa shape index (κ2) is 8.09. The van der Waals surface area contributed by atoms with Gasteiger partial charge in [0.15, 0.2) is 0 Å². The minimum absolute atomic E-state index is 0.0327. The van der Waals surface area contributed by atoms with E-state index in [4.69, 9.17) is 10.5 Å². The molecule has 0 bridgehead atoms. The minimum Gasteiger partial charge on any atom is -0.369 e. The van der Waals surface area contributed by atoms with Crippen LogP contribution in [-0.4, -0.2) is 13.2 Å². The van der Waals surface area contributed by atoms with Crippen LogP contribution in [-0.2, 0) is 10.3 Å². The van der Waals surface area contributed by atoms with Crippen molar-refractivity contribution in [2.24, 2.45) is 5.73 Å². The first-order valence-corrected chi connectivity index (χ1v) is 8.13. The van der Waals surface area contributed by atoms with Crippen molar-refractivity contribution in [2.75, 3.05) is 7.11 Å². The van der Waals surface area contributed by atoms with Gasteiger partial charge in [0, 0.05) is 19.6 Å². The van der Waals surface area contributed by atoms with Crippen molar-refractivity contribution >= 4 is 0 Å². The highest BCUT2D eigenvalue weighted by Crippen LogP contribution is 2.37. The number of methoxy groups -OCH3 is 1. The van der Waals surface area contributed by atoms with E-state index in [1.54, 1.807) is 7.11 Å². The average Bonchev–Trinajstić information content (AvgIpc) is 2.59. The molecule has 0 spiro atoms. The van der Waals surface area contributed by atoms with Crippen LogP contribution in [0.15, 0.2) is 72.3 Å². The standard InChI is InChI=1S/C21H27NO/c1-17(2)14-15-20(22)16-21(23-3,18-10-6-4-7-11-18)19-12-8-5-9-13-19/h4-14,20H,15-16,22H2,1-3H3. The highest BCUT2D eigenvalue weighted by Gasteiger charge is 2.35. The van der Waals surface area contributed by atoms with Crippen LogP contribution in [0.4, 0.5) is 0 Å². The molecule has 1 unspecified atom stereocenters. The molecule has 0 fully saturated rings. The lowest BCUT2D eigenvalue weighted by molar-refractivity contribution is 0.00911. The lowest BCUT2D eigenvalue weighted by atomic mass is 9.80. The van der Waals surface area contributed by atoms with Crippen molar-refractivity contribution in [3.63, 3.8) is 0 Å². The summed E-state index contributed by atoms with van der Waals surface area (Å²) in [5, 5.41) is 0. The molecular formula is C21H27NO. The Kier molecular flexibility index (Phi) is 6.14. The average molecular weight is 309 g/mol. The molecule has 0 aliphatic rings. The molecule has 0 aromatic heterocycles. The van der Waals surface area contributed by atoms with Gasteiger partial charge in [0.05, 0.1) is 0 Å². The van der Waals surface area contributed by atoms with Crippen molar-refractivity contribution in [3.8, 4) is 0 Å². The monoisotopic (exact) mass is 309 g/mol. The third-order valence-corrected chi connectivity index (χ3v) is 4.21. The number of nitrogens with two attached hydrogens (primary N) is 1. The second-order valence-corrected chi connectivity index (χ2v) is 6.24. The van der Waals surface area contributed by atoms with Crippen molar-refractivity contribution in [2.45, 2.75) is 38.3 Å². The molecule has 122 valence electrons. The zero-order chi connectivity index (χ0) is 16.7. The van der Waals surface area contributed by atoms with Gasteiger partial charge in [-0.05, 0) is 31.4 Å². The maximum Gasteiger partial charge on any atom is 0.119 e. The van der Waals surface area contributed by atoms with Gasteiger partial charge in [-0.3, -0.25) is 0 Å². The van der Waals surface area contributed by atoms with Gasteiger partial charge >= 0.3 is 0 Å². The van der Waals surface area contributed by atoms with Gasteiger partial charge in [-0.2, -0.15) is 0 Å². The predicted molar refractivity (Wildman–Crippen MR) is 97.3 cm³/mol. The lowest BCUT2D eigenvalue weighted by Crippen LogP contribution is -2.37. The number of allylic oxidation sites excluding steroid dienone is 1. The molecule has 0 aliphatic heterocycles. The Hall–Kier alpha value is -1.90. The number of rotatable bonds is 7. The fourth-order valence-electron chi connectivity index (χ4n) is 2.98. The highest BCUT2D eigenvalue weighted by atomic mass is 16.5. The number of ether oxygens (including phenoxy) is 1. The Morgan fingerprint density at radius 1 is 1.00 bits per heavy atom. The molecule has 0 saturated heterocycles. The summed E-state index contributed by atoms with van der Waals surface area (Å²) in [6, 6.07) is 20.7. The van der Waals surface area contributed by atoms with Crippen LogP contribution < -0.4 is 5.73 Å². The predicted octanol–water partition coefficient (Wildman–Crippen LogP) is 4.65. The minimum atomic E-state index is -0.516. The molecule has 0 saturated carbocycles. The Balaban J connectivity index is 2.41. The molecule has 0 heterocycles. The van der Waals surface area contributed by atoms with Crippen LogP contribution in [0.2, 0.25) is 0 Å². The van der Waals surface area contributed by atoms with E-state index in [9.17, 15) is 0 Å². The van der Waals surface area contributed by atoms with Crippen LogP contribution in [0.25, 0.3) is 0 Å². The van der Waals surface area contributed by atoms with Gasteiger partial charge < -0.3 is 10.5 Å². The first-order chi connectivity index (χ1) is 11.1. The topological polar surface area (TPSA) is 35.2 Å². The van der Waals surface area contributed by atoms with Crippen LogP contribution >= 0.6 is 0 Å². The SMILES string of the molecule is COC(CC(N)CC=C(C)C)(c1ccccc1)c1ccccc1. The summed E-state index contributed by atoms with van der Waals surface area (Å²) in [6.45, 7) is 4.20. The van der Waals surface area contributed by atoms with Crippen molar-refractivity contribution < 1.29 is 4.74 Å². The molecule has 2 aromatic rings. The fraction of sp³-hybridized carbons (Fsp3) is 0.333. The summed E-state index contributed by atoms with van der Waals surface area (Å²) in [5.74, 6) is 0. The summed E-state index contributed by atoms with van der Waals surface area (Å²) in [6.07, 6.45) is 3.79. The fourth-order valence-corrected chi connectivity index (χ4v) is 2.98. The van der Waals surface area contributed by atoms with Gasteiger partial charge in [0.1, 0.15) is 5.60 Å². The number of hydrogen-bond donors (Lipinski definition) is 1. The van der Waals surface area contributed by atoms with E-state index in [0.717, 1.165) is 24.0 Å². The summed E-state index contributed by atoms with van der Waals surface area (Å²) >= 11 is 0. The van der Waals surface area contributed by atoms with Crippen LogP contribution in [0.5, 0.6) is 0 Å². The van der Waals surface area contributed by atoms with Gasteiger partial charge in [-0.1, -0.05) is 72.3 Å². The smallest absolute Gasteiger partial charge is 0.119 e. The van der Waals surface area contributed by atoms with Gasteiger partial charge in [-0.15, -0.1) is 0 Å². The van der Waals surface area contributed by atoms with E-state index in [1.807, 2.05) is 36.4 Å². The van der Waals surface area contributed by atoms with Crippen LogP contribution in [0, 0.1) is 0 Å². The normalized spacial score (nSPS) is 12.7. The van der Waals surface area contributed by atoms with E-state index >= 15 is 0 Å². The summed E-state index contributed by atoms with van der Waals surface area (Å²) in [5.41, 5.74) is 9.49. The van der Waals surface area contributed by atoms with E-state index < -0.39 is 5.60 Å². The van der Waals surface area contributed by atoms with Gasteiger partial charge in [0.25, 0.3) is 0 Å². The molecular weight excluding hydrogens is 282 g/mol. The molecule has 2 heteroatoms. The summed E-state index contributed by atoms with van der Waals surface area (Å²) in [4.78, 5) is 0. The molecule has 0 amide bonds. The zero-order valence-corrected chi connectivity index (χ0v) is 14.3. The van der Waals surface area contributed by atoms with Crippen LogP contribution in [0.3, 0.4) is 0 Å². The molecule has 23 heavy (non-hydrogen) atoms. The van der Waals surface area contributed by atoms with Gasteiger partial charge in [-0.25, -0.2) is 0 Å². The maximum absolute atomic E-state index is 6.43. The molecule has 0 radical (unpaired) electrons. The molecule has 2 rings (SSSR count). The Morgan fingerprint density at radius 2 is 1.48 bits per heavy atom. The molecule has 0 aliphatic carbocycles. The highest BCUT2D eigenvalue weighted by molar-refractivity contribution is 5.36. The number of hydrogen-bond acceptors (Lipinski definition) is 2. The second-order valence-electron chi connectivity index (χ2n) is 6.24. The Morgan fingerprint density at radius 3 is 1.87 bits per heavy atom. The van der Waals surface area contributed by atoms with E-state index in [2.05, 4.69) is 44.2 Å². The maximum atomic E-state index is 6.43. The van der Waals surface area contributed by atoms with Crippen molar-refractivity contribution in [3.05, 3.63) is 83.4 Å². The van der Waals surface area contributed by atoms with Crippen LogP contribution in [0.1, 0.15) is 37.8 Å². The van der Waals surface area contributed by atoms with E-state index in [0.29, 0.717) is 0 Å². The zero-order valence-electron chi connectivity index (χ0n) is 14.3. The molecule has 2 nitrogen and oxygen atoms in total. The first kappa shape index (κ1) is 17.5. The molecule has 1 atom stereocenters. The lowest BCUT2D eigenvalue weighted by Gasteiger charge is -2.35. The quantitative estimate of drug-likeness (QED) is 0.756. The Bertz CT molecular complexity index is 575. The van der Waals surface area contributed by atoms with E-state index in [-0.39, 0.29) is 6.04 Å².